The topological polar surface area (TPSA) is 45.2 Å². The van der Waals surface area contributed by atoms with Crippen molar-refractivity contribution in [3.63, 3.8) is 0 Å². The van der Waals surface area contributed by atoms with Crippen molar-refractivity contribution in [2.45, 2.75) is 19.4 Å². The Labute approximate surface area is 89.3 Å². The second-order valence-corrected chi connectivity index (χ2v) is 3.65. The third-order valence-electron chi connectivity index (χ3n) is 2.54. The van der Waals surface area contributed by atoms with Gasteiger partial charge in [-0.05, 0) is 18.7 Å². The smallest absolute Gasteiger partial charge is 0.229 e. The standard InChI is InChI=1S/C11H15N3O/c1-2-12-9-7-11(15)14(8-9)10-5-3-4-6-13-10/h3-6,9,12H,2,7-8H2,1H3. The van der Waals surface area contributed by atoms with Crippen molar-refractivity contribution in [2.75, 3.05) is 18.0 Å². The normalized spacial score (nSPS) is 21.0. The lowest BCUT2D eigenvalue weighted by atomic mass is 10.2. The Morgan fingerprint density at radius 2 is 2.47 bits per heavy atom. The first kappa shape index (κ1) is 10.1. The number of rotatable bonds is 3. The Morgan fingerprint density at radius 1 is 1.60 bits per heavy atom. The predicted molar refractivity (Wildman–Crippen MR) is 58.7 cm³/mol. The van der Waals surface area contributed by atoms with Crippen molar-refractivity contribution in [3.05, 3.63) is 24.4 Å². The van der Waals surface area contributed by atoms with Crippen LogP contribution in [0.3, 0.4) is 0 Å². The number of hydrogen-bond acceptors (Lipinski definition) is 3. The third-order valence-corrected chi connectivity index (χ3v) is 2.54. The van der Waals surface area contributed by atoms with Gasteiger partial charge < -0.3 is 5.32 Å². The summed E-state index contributed by atoms with van der Waals surface area (Å²) in [6.07, 6.45) is 2.29. The molecule has 2 heterocycles. The van der Waals surface area contributed by atoms with Crippen LogP contribution in [0.5, 0.6) is 0 Å². The summed E-state index contributed by atoms with van der Waals surface area (Å²) >= 11 is 0. The number of pyridine rings is 1. The Bertz CT molecular complexity index is 339. The predicted octanol–water partition coefficient (Wildman–Crippen LogP) is 0.796. The minimum atomic E-state index is 0.152. The maximum atomic E-state index is 11.7. The van der Waals surface area contributed by atoms with E-state index in [1.807, 2.05) is 25.1 Å². The van der Waals surface area contributed by atoms with Crippen molar-refractivity contribution in [2.24, 2.45) is 0 Å². The average molecular weight is 205 g/mol. The van der Waals surface area contributed by atoms with E-state index in [0.717, 1.165) is 18.9 Å². The quantitative estimate of drug-likeness (QED) is 0.793. The molecule has 4 nitrogen and oxygen atoms in total. The number of amides is 1. The van der Waals surface area contributed by atoms with E-state index in [0.29, 0.717) is 6.42 Å². The Morgan fingerprint density at radius 3 is 3.13 bits per heavy atom. The van der Waals surface area contributed by atoms with Crippen molar-refractivity contribution < 1.29 is 4.79 Å². The molecule has 1 N–H and O–H groups in total. The number of aromatic nitrogens is 1. The number of carbonyl (C=O) groups is 1. The summed E-state index contributed by atoms with van der Waals surface area (Å²) in [7, 11) is 0. The fourth-order valence-electron chi connectivity index (χ4n) is 1.87. The summed E-state index contributed by atoms with van der Waals surface area (Å²) in [6, 6.07) is 5.89. The first-order valence-electron chi connectivity index (χ1n) is 5.26. The van der Waals surface area contributed by atoms with Gasteiger partial charge in [-0.3, -0.25) is 9.69 Å². The van der Waals surface area contributed by atoms with Gasteiger partial charge in [0.15, 0.2) is 0 Å². The lowest BCUT2D eigenvalue weighted by molar-refractivity contribution is -0.117. The summed E-state index contributed by atoms with van der Waals surface area (Å²) in [6.45, 7) is 3.67. The maximum absolute atomic E-state index is 11.7. The summed E-state index contributed by atoms with van der Waals surface area (Å²) in [5, 5.41) is 3.28. The van der Waals surface area contributed by atoms with Crippen molar-refractivity contribution in [3.8, 4) is 0 Å². The molecule has 0 bridgehead atoms. The van der Waals surface area contributed by atoms with Gasteiger partial charge in [0.1, 0.15) is 5.82 Å². The molecule has 80 valence electrons. The summed E-state index contributed by atoms with van der Waals surface area (Å²) in [4.78, 5) is 17.6. The number of carbonyl (C=O) groups excluding carboxylic acids is 1. The molecule has 0 radical (unpaired) electrons. The molecule has 1 amide bonds. The van der Waals surface area contributed by atoms with Crippen LogP contribution < -0.4 is 10.2 Å². The van der Waals surface area contributed by atoms with E-state index in [1.165, 1.54) is 0 Å². The summed E-state index contributed by atoms with van der Waals surface area (Å²) in [5.74, 6) is 0.905. The van der Waals surface area contributed by atoms with E-state index >= 15 is 0 Å². The van der Waals surface area contributed by atoms with Crippen LogP contribution >= 0.6 is 0 Å². The second-order valence-electron chi connectivity index (χ2n) is 3.65. The third kappa shape index (κ3) is 2.15. The second kappa shape index (κ2) is 4.40. The molecule has 15 heavy (non-hydrogen) atoms. The van der Waals surface area contributed by atoms with E-state index in [9.17, 15) is 4.79 Å². The molecule has 0 saturated carbocycles. The van der Waals surface area contributed by atoms with E-state index in [4.69, 9.17) is 0 Å². The highest BCUT2D eigenvalue weighted by molar-refractivity contribution is 5.95. The Balaban J connectivity index is 2.09. The zero-order valence-corrected chi connectivity index (χ0v) is 8.81. The highest BCUT2D eigenvalue weighted by atomic mass is 16.2. The fourth-order valence-corrected chi connectivity index (χ4v) is 1.87. The summed E-state index contributed by atoms with van der Waals surface area (Å²) in [5.41, 5.74) is 0. The van der Waals surface area contributed by atoms with Gasteiger partial charge >= 0.3 is 0 Å². The van der Waals surface area contributed by atoms with E-state index in [2.05, 4.69) is 10.3 Å². The Hall–Kier alpha value is -1.42. The molecule has 1 atom stereocenters. The molecule has 1 saturated heterocycles. The van der Waals surface area contributed by atoms with Crippen molar-refractivity contribution in [1.29, 1.82) is 0 Å². The van der Waals surface area contributed by atoms with Crippen LogP contribution in [-0.4, -0.2) is 30.0 Å². The monoisotopic (exact) mass is 205 g/mol. The van der Waals surface area contributed by atoms with Gasteiger partial charge in [-0.1, -0.05) is 13.0 Å². The first-order chi connectivity index (χ1) is 7.31. The molecule has 1 unspecified atom stereocenters. The first-order valence-corrected chi connectivity index (χ1v) is 5.26. The minimum Gasteiger partial charge on any atom is -0.312 e. The van der Waals surface area contributed by atoms with Crippen molar-refractivity contribution in [1.82, 2.24) is 10.3 Å². The zero-order valence-electron chi connectivity index (χ0n) is 8.81. The highest BCUT2D eigenvalue weighted by Gasteiger charge is 2.30. The van der Waals surface area contributed by atoms with Crippen LogP contribution in [0.15, 0.2) is 24.4 Å². The molecule has 1 fully saturated rings. The van der Waals surface area contributed by atoms with Crippen LogP contribution in [0.4, 0.5) is 5.82 Å². The van der Waals surface area contributed by atoms with Crippen LogP contribution in [0.1, 0.15) is 13.3 Å². The van der Waals surface area contributed by atoms with Gasteiger partial charge in [-0.2, -0.15) is 0 Å². The maximum Gasteiger partial charge on any atom is 0.229 e. The van der Waals surface area contributed by atoms with E-state index < -0.39 is 0 Å². The number of anilines is 1. The molecule has 1 aliphatic rings. The largest absolute Gasteiger partial charge is 0.312 e. The van der Waals surface area contributed by atoms with Gasteiger partial charge in [-0.25, -0.2) is 4.98 Å². The van der Waals surface area contributed by atoms with Gasteiger partial charge in [0.2, 0.25) is 5.91 Å². The molecule has 0 aromatic carbocycles. The highest BCUT2D eigenvalue weighted by Crippen LogP contribution is 2.18. The molecule has 1 aliphatic heterocycles. The van der Waals surface area contributed by atoms with Crippen LogP contribution in [0.25, 0.3) is 0 Å². The molecule has 4 heteroatoms. The van der Waals surface area contributed by atoms with Gasteiger partial charge in [-0.15, -0.1) is 0 Å². The fraction of sp³-hybridized carbons (Fsp3) is 0.455. The molecule has 0 aliphatic carbocycles. The van der Waals surface area contributed by atoms with Crippen molar-refractivity contribution >= 4 is 11.7 Å². The van der Waals surface area contributed by atoms with Crippen LogP contribution in [0, 0.1) is 0 Å². The zero-order chi connectivity index (χ0) is 10.7. The number of nitrogens with one attached hydrogen (secondary N) is 1. The van der Waals surface area contributed by atoms with E-state index in [-0.39, 0.29) is 11.9 Å². The minimum absolute atomic E-state index is 0.152. The SMILES string of the molecule is CCNC1CC(=O)N(c2ccccn2)C1. The summed E-state index contributed by atoms with van der Waals surface area (Å²) < 4.78 is 0. The van der Waals surface area contributed by atoms with Crippen LogP contribution in [-0.2, 0) is 4.79 Å². The average Bonchev–Trinajstić information content (AvgIpc) is 2.61. The molecular weight excluding hydrogens is 190 g/mol. The molecular formula is C11H15N3O. The lowest BCUT2D eigenvalue weighted by Gasteiger charge is -2.15. The molecule has 0 spiro atoms. The number of hydrogen-bond donors (Lipinski definition) is 1. The number of likely N-dealkylation sites (N-methyl/N-ethyl adjacent to an activating group) is 1. The van der Waals surface area contributed by atoms with Crippen LogP contribution in [0.2, 0.25) is 0 Å². The molecule has 1 aromatic heterocycles. The molecule has 1 aromatic rings. The Kier molecular flexibility index (Phi) is 2.97. The lowest BCUT2D eigenvalue weighted by Crippen LogP contribution is -2.32. The van der Waals surface area contributed by atoms with Gasteiger partial charge in [0.05, 0.1) is 0 Å². The van der Waals surface area contributed by atoms with Gasteiger partial charge in [0, 0.05) is 25.2 Å². The van der Waals surface area contributed by atoms with Gasteiger partial charge in [0.25, 0.3) is 0 Å². The molecule has 2 rings (SSSR count). The number of nitrogens with zero attached hydrogens (tertiary/aromatic N) is 2. The van der Waals surface area contributed by atoms with E-state index in [1.54, 1.807) is 11.1 Å².